The molecule has 12 heteroatoms. The average Bonchev–Trinajstić information content (AvgIpc) is 3.74. The van der Waals surface area contributed by atoms with E-state index < -0.39 is 18.4 Å². The number of anilines is 1. The number of nitrogens with one attached hydrogen (secondary N) is 1. The van der Waals surface area contributed by atoms with Crippen molar-refractivity contribution in [1.82, 2.24) is 12.6 Å². The van der Waals surface area contributed by atoms with Crippen LogP contribution in [-0.4, -0.2) is 50.6 Å². The van der Waals surface area contributed by atoms with Crippen molar-refractivity contribution in [2.75, 3.05) is 25.5 Å². The lowest BCUT2D eigenvalue weighted by molar-refractivity contribution is -0.0515. The highest BCUT2D eigenvalue weighted by Gasteiger charge is 2.59. The van der Waals surface area contributed by atoms with Crippen LogP contribution in [0.15, 0.2) is 35.3 Å². The van der Waals surface area contributed by atoms with Crippen molar-refractivity contribution in [3.63, 3.8) is 0 Å². The SMILES string of the molecule is C[C@H](c1cccc(C(F)F)c1P)N(I)C(=O)c1cn(C2CC23CCC(F)(F)CC3)c(=O)cc1NC1C2CN(C)CC21. The Bertz CT molecular complexity index is 1420. The third-order valence-electron chi connectivity index (χ3n) is 9.86. The van der Waals surface area contributed by atoms with Gasteiger partial charge in [0.15, 0.2) is 0 Å². The van der Waals surface area contributed by atoms with Crippen LogP contribution in [0.3, 0.4) is 0 Å². The van der Waals surface area contributed by atoms with Crippen molar-refractivity contribution in [3.8, 4) is 0 Å². The number of fused-ring (bicyclic) bond motifs is 1. The second-order valence-electron chi connectivity index (χ2n) is 12.4. The zero-order chi connectivity index (χ0) is 29.4. The Labute approximate surface area is 252 Å². The van der Waals surface area contributed by atoms with Gasteiger partial charge >= 0.3 is 0 Å². The first kappa shape index (κ1) is 29.4. The summed E-state index contributed by atoms with van der Waals surface area (Å²) in [6, 6.07) is 5.55. The summed E-state index contributed by atoms with van der Waals surface area (Å²) in [5.41, 5.74) is 0.681. The highest BCUT2D eigenvalue weighted by atomic mass is 127. The molecular formula is C29H34F4IN4O2P. The van der Waals surface area contributed by atoms with Gasteiger partial charge in [-0.15, -0.1) is 9.24 Å². The number of aromatic nitrogens is 1. The van der Waals surface area contributed by atoms with Crippen LogP contribution in [0.1, 0.15) is 79.0 Å². The molecule has 1 aromatic heterocycles. The van der Waals surface area contributed by atoms with Crippen molar-refractivity contribution in [2.45, 2.75) is 69.5 Å². The third kappa shape index (κ3) is 5.32. The van der Waals surface area contributed by atoms with E-state index in [-0.39, 0.29) is 47.4 Å². The average molecular weight is 704 g/mol. The number of carbonyl (C=O) groups is 1. The number of halogens is 5. The molecule has 1 saturated heterocycles. The number of benzene rings is 1. The topological polar surface area (TPSA) is 57.6 Å². The van der Waals surface area contributed by atoms with Crippen LogP contribution in [0.2, 0.25) is 0 Å². The van der Waals surface area contributed by atoms with Gasteiger partial charge in [-0.05, 0) is 61.4 Å². The van der Waals surface area contributed by atoms with Crippen molar-refractivity contribution in [2.24, 2.45) is 17.3 Å². The highest BCUT2D eigenvalue weighted by molar-refractivity contribution is 14.1. The number of rotatable bonds is 7. The van der Waals surface area contributed by atoms with Crippen molar-refractivity contribution in [1.29, 1.82) is 0 Å². The molecule has 0 radical (unpaired) electrons. The number of carbonyl (C=O) groups excluding carboxylic acids is 1. The molecule has 1 amide bonds. The summed E-state index contributed by atoms with van der Waals surface area (Å²) in [5, 5.41) is 3.83. The molecule has 4 aliphatic rings. The van der Waals surface area contributed by atoms with Crippen LogP contribution in [0.25, 0.3) is 0 Å². The minimum Gasteiger partial charge on any atom is -0.381 e. The van der Waals surface area contributed by atoms with E-state index in [1.54, 1.807) is 29.8 Å². The number of hydrogen-bond acceptors (Lipinski definition) is 4. The fraction of sp³-hybridized carbons (Fsp3) is 0.586. The minimum absolute atomic E-state index is 0.102. The second-order valence-corrected chi connectivity index (χ2v) is 14.1. The van der Waals surface area contributed by atoms with Crippen LogP contribution in [0.4, 0.5) is 23.2 Å². The molecule has 1 aromatic carbocycles. The van der Waals surface area contributed by atoms with Crippen LogP contribution >= 0.6 is 32.1 Å². The van der Waals surface area contributed by atoms with Gasteiger partial charge < -0.3 is 14.8 Å². The summed E-state index contributed by atoms with van der Waals surface area (Å²) < 4.78 is 58.0. The zero-order valence-electron chi connectivity index (χ0n) is 22.9. The van der Waals surface area contributed by atoms with Gasteiger partial charge in [0.25, 0.3) is 17.9 Å². The maximum Gasteiger partial charge on any atom is 0.266 e. The Morgan fingerprint density at radius 2 is 1.78 bits per heavy atom. The second kappa shape index (κ2) is 10.5. The number of piperidine rings is 1. The van der Waals surface area contributed by atoms with Gasteiger partial charge in [-0.25, -0.2) is 17.6 Å². The Hall–Kier alpha value is -1.72. The molecular weight excluding hydrogens is 670 g/mol. The third-order valence-corrected chi connectivity index (χ3v) is 11.8. The molecule has 2 aromatic rings. The van der Waals surface area contributed by atoms with E-state index in [4.69, 9.17) is 0 Å². The molecule has 1 N–H and O–H groups in total. The van der Waals surface area contributed by atoms with Crippen molar-refractivity contribution >= 4 is 49.0 Å². The lowest BCUT2D eigenvalue weighted by atomic mass is 9.83. The predicted molar refractivity (Wildman–Crippen MR) is 161 cm³/mol. The number of likely N-dealkylation sites (tertiary alicyclic amines) is 1. The van der Waals surface area contributed by atoms with Gasteiger partial charge in [-0.1, -0.05) is 18.2 Å². The smallest absolute Gasteiger partial charge is 0.266 e. The number of nitrogens with zero attached hydrogens (tertiary/aromatic N) is 3. The summed E-state index contributed by atoms with van der Waals surface area (Å²) in [4.78, 5) is 29.7. The van der Waals surface area contributed by atoms with Gasteiger partial charge in [-0.2, -0.15) is 0 Å². The lowest BCUT2D eigenvalue weighted by Gasteiger charge is -2.30. The Kier molecular flexibility index (Phi) is 7.50. The normalized spacial score (nSPS) is 28.4. The van der Waals surface area contributed by atoms with Gasteiger partial charge in [-0.3, -0.25) is 12.7 Å². The molecule has 3 aliphatic carbocycles. The maximum atomic E-state index is 14.1. The molecule has 41 heavy (non-hydrogen) atoms. The first-order valence-corrected chi connectivity index (χ1v) is 15.6. The van der Waals surface area contributed by atoms with Crippen LogP contribution < -0.4 is 16.2 Å². The summed E-state index contributed by atoms with van der Waals surface area (Å²) in [5.74, 6) is -2.11. The van der Waals surface area contributed by atoms with Gasteiger partial charge in [0.2, 0.25) is 5.92 Å². The molecule has 222 valence electrons. The molecule has 5 atom stereocenters. The van der Waals surface area contributed by atoms with Crippen LogP contribution in [0, 0.1) is 17.3 Å². The van der Waals surface area contributed by atoms with Crippen molar-refractivity contribution < 1.29 is 22.4 Å². The van der Waals surface area contributed by atoms with E-state index in [0.29, 0.717) is 53.2 Å². The van der Waals surface area contributed by atoms with E-state index in [2.05, 4.69) is 26.5 Å². The van der Waals surface area contributed by atoms with Crippen molar-refractivity contribution in [3.05, 3.63) is 57.5 Å². The van der Waals surface area contributed by atoms with E-state index >= 15 is 0 Å². The predicted octanol–water partition coefficient (Wildman–Crippen LogP) is 5.95. The Morgan fingerprint density at radius 1 is 1.15 bits per heavy atom. The fourth-order valence-electron chi connectivity index (χ4n) is 7.15. The maximum absolute atomic E-state index is 14.1. The summed E-state index contributed by atoms with van der Waals surface area (Å²) in [6.07, 6.45) is -0.0657. The number of alkyl halides is 4. The quantitative estimate of drug-likeness (QED) is 0.168. The number of hydrogen-bond donors (Lipinski definition) is 1. The molecule has 1 spiro atoms. The Morgan fingerprint density at radius 3 is 2.41 bits per heavy atom. The zero-order valence-corrected chi connectivity index (χ0v) is 26.2. The number of amides is 1. The van der Waals surface area contributed by atoms with E-state index in [9.17, 15) is 27.2 Å². The summed E-state index contributed by atoms with van der Waals surface area (Å²) in [6.45, 7) is 3.68. The summed E-state index contributed by atoms with van der Waals surface area (Å²) >= 11 is 1.92. The first-order valence-electron chi connectivity index (χ1n) is 14.1. The van der Waals surface area contributed by atoms with Gasteiger partial charge in [0.1, 0.15) is 0 Å². The first-order chi connectivity index (χ1) is 19.3. The van der Waals surface area contributed by atoms with Crippen LogP contribution in [-0.2, 0) is 0 Å². The largest absolute Gasteiger partial charge is 0.381 e. The molecule has 4 fully saturated rings. The molecule has 6 nitrogen and oxygen atoms in total. The minimum atomic E-state index is -2.66. The molecule has 4 unspecified atom stereocenters. The van der Waals surface area contributed by atoms with Gasteiger partial charge in [0.05, 0.1) is 40.2 Å². The molecule has 1 aliphatic heterocycles. The van der Waals surface area contributed by atoms with E-state index in [0.717, 1.165) is 13.1 Å². The van der Waals surface area contributed by atoms with Gasteiger partial charge in [0, 0.05) is 55.8 Å². The van der Waals surface area contributed by atoms with Crippen LogP contribution in [0.5, 0.6) is 0 Å². The highest BCUT2D eigenvalue weighted by Crippen LogP contribution is 2.65. The standard InChI is InChI=1S/C29H34F4IN4O2P/c1-15(16-4-3-5-17(25(16)41)26(30)31)38(34)27(40)20-14-37(22-11-28(22)6-8-29(32,33)9-7-28)23(39)10-21(20)35-24-18-12-36(2)13-19(18)24/h3-5,10,14-15,18-19,22,24,26,35H,6-9,11-13,41H2,1-2H3/t15-,18?,19?,22?,24?/m1/s1. The monoisotopic (exact) mass is 704 g/mol. The molecule has 3 saturated carbocycles. The molecule has 0 bridgehead atoms. The molecule has 6 rings (SSSR count). The lowest BCUT2D eigenvalue weighted by Crippen LogP contribution is -2.32. The fourth-order valence-corrected chi connectivity index (χ4v) is 8.27. The Balaban J connectivity index is 1.31. The molecule has 2 heterocycles. The van der Waals surface area contributed by atoms with E-state index in [1.807, 2.05) is 22.9 Å². The summed E-state index contributed by atoms with van der Waals surface area (Å²) in [7, 11) is 4.45. The number of pyridine rings is 1. The van der Waals surface area contributed by atoms with E-state index in [1.165, 1.54) is 15.2 Å².